The van der Waals surface area contributed by atoms with Gasteiger partial charge in [0.15, 0.2) is 0 Å². The van der Waals surface area contributed by atoms with E-state index in [2.05, 4.69) is 38.1 Å². The number of carbonyl (C=O) groups is 2. The highest BCUT2D eigenvalue weighted by atomic mass is 35.5. The standard InChI is InChI=1S/C22H25ClN6O2.CH5N.CH2O/c1-28-7-9-29(10-8-28)15-4-5-18(17(24)12-15)25-22(30)20-13-19(26-27-20)14-3-6-21(31-2)16(23)11-14;2*1-2/h3-6,11-13H,7-10,24H2,1-2H3,(H,25,30)(H,26,27);2H2,1H3;1H2. The zero-order valence-electron chi connectivity index (χ0n) is 20.2. The molecule has 1 aromatic heterocycles. The predicted molar refractivity (Wildman–Crippen MR) is 141 cm³/mol. The van der Waals surface area contributed by atoms with E-state index >= 15 is 0 Å². The fourth-order valence-electron chi connectivity index (χ4n) is 3.53. The number of likely N-dealkylation sites (N-methyl/N-ethyl adjacent to an activating group) is 1. The van der Waals surface area contributed by atoms with E-state index in [-0.39, 0.29) is 5.91 Å². The fourth-order valence-corrected chi connectivity index (χ4v) is 3.78. The quantitative estimate of drug-likeness (QED) is 0.391. The van der Waals surface area contributed by atoms with Crippen molar-refractivity contribution in [3.8, 4) is 17.0 Å². The van der Waals surface area contributed by atoms with Crippen LogP contribution in [0, 0.1) is 0 Å². The molecule has 1 aliphatic heterocycles. The molecule has 0 saturated carbocycles. The molecule has 11 heteroatoms. The van der Waals surface area contributed by atoms with Crippen LogP contribution in [0.1, 0.15) is 10.5 Å². The Kier molecular flexibility index (Phi) is 10.5. The topological polar surface area (TPSA) is 143 Å². The van der Waals surface area contributed by atoms with Crippen molar-refractivity contribution in [1.82, 2.24) is 15.1 Å². The number of aromatic nitrogens is 2. The van der Waals surface area contributed by atoms with Gasteiger partial charge in [-0.3, -0.25) is 9.89 Å². The Bertz CT molecular complexity index is 1110. The molecule has 2 aromatic carbocycles. The number of nitrogens with two attached hydrogens (primary N) is 2. The first-order chi connectivity index (χ1) is 16.9. The molecule has 188 valence electrons. The summed E-state index contributed by atoms with van der Waals surface area (Å²) in [5, 5.41) is 10.3. The molecule has 0 spiro atoms. The number of H-pyrrole nitrogens is 1. The largest absolute Gasteiger partial charge is 0.495 e. The van der Waals surface area contributed by atoms with Crippen LogP contribution in [0.4, 0.5) is 17.1 Å². The number of hydrogen-bond donors (Lipinski definition) is 4. The molecule has 1 amide bonds. The molecule has 1 aliphatic rings. The third-order valence-electron chi connectivity index (χ3n) is 5.42. The molecule has 3 aromatic rings. The molecule has 10 nitrogen and oxygen atoms in total. The number of ether oxygens (including phenoxy) is 1. The number of nitrogens with zero attached hydrogens (tertiary/aromatic N) is 3. The fraction of sp³-hybridized carbons (Fsp3) is 0.292. The number of piperazine rings is 1. The van der Waals surface area contributed by atoms with E-state index in [0.717, 1.165) is 37.4 Å². The number of nitrogen functional groups attached to an aromatic ring is 1. The summed E-state index contributed by atoms with van der Waals surface area (Å²) in [5.74, 6) is 0.256. The van der Waals surface area contributed by atoms with Crippen molar-refractivity contribution >= 4 is 41.4 Å². The molecular formula is C24H32ClN7O3. The summed E-state index contributed by atoms with van der Waals surface area (Å²) >= 11 is 6.19. The van der Waals surface area contributed by atoms with Gasteiger partial charge < -0.3 is 36.1 Å². The van der Waals surface area contributed by atoms with Crippen molar-refractivity contribution in [3.63, 3.8) is 0 Å². The highest BCUT2D eigenvalue weighted by molar-refractivity contribution is 6.32. The van der Waals surface area contributed by atoms with Crippen molar-refractivity contribution in [2.24, 2.45) is 5.73 Å². The van der Waals surface area contributed by atoms with Gasteiger partial charge in [0, 0.05) is 37.4 Å². The van der Waals surface area contributed by atoms with Crippen molar-refractivity contribution in [3.05, 3.63) is 53.2 Å². The highest BCUT2D eigenvalue weighted by Gasteiger charge is 2.17. The molecule has 1 fully saturated rings. The Morgan fingerprint density at radius 2 is 1.80 bits per heavy atom. The molecule has 35 heavy (non-hydrogen) atoms. The molecule has 0 radical (unpaired) electrons. The van der Waals surface area contributed by atoms with Crippen molar-refractivity contribution in [1.29, 1.82) is 0 Å². The lowest BCUT2D eigenvalue weighted by Gasteiger charge is -2.34. The Morgan fingerprint density at radius 3 is 2.40 bits per heavy atom. The number of rotatable bonds is 5. The Hall–Kier alpha value is -3.60. The minimum absolute atomic E-state index is 0.322. The molecule has 6 N–H and O–H groups in total. The van der Waals surface area contributed by atoms with Gasteiger partial charge in [-0.15, -0.1) is 0 Å². The summed E-state index contributed by atoms with van der Waals surface area (Å²) in [6, 6.07) is 12.7. The van der Waals surface area contributed by atoms with Crippen molar-refractivity contribution in [2.45, 2.75) is 0 Å². The summed E-state index contributed by atoms with van der Waals surface area (Å²) in [6.45, 7) is 5.93. The minimum Gasteiger partial charge on any atom is -0.495 e. The van der Waals surface area contributed by atoms with Crippen LogP contribution < -0.4 is 26.4 Å². The van der Waals surface area contributed by atoms with Crippen LogP contribution in [0.3, 0.4) is 0 Å². The normalized spacial score (nSPS) is 13.1. The second-order valence-electron chi connectivity index (χ2n) is 7.53. The summed E-state index contributed by atoms with van der Waals surface area (Å²) in [7, 11) is 5.18. The van der Waals surface area contributed by atoms with Gasteiger partial charge in [0.1, 0.15) is 18.2 Å². The lowest BCUT2D eigenvalue weighted by atomic mass is 10.1. The first-order valence-corrected chi connectivity index (χ1v) is 11.2. The van der Waals surface area contributed by atoms with E-state index in [1.165, 1.54) is 7.05 Å². The van der Waals surface area contributed by atoms with Gasteiger partial charge in [0.25, 0.3) is 5.91 Å². The second kappa shape index (κ2) is 13.3. The van der Waals surface area contributed by atoms with Crippen LogP contribution in [0.15, 0.2) is 42.5 Å². The maximum atomic E-state index is 12.7. The van der Waals surface area contributed by atoms with Gasteiger partial charge in [-0.1, -0.05) is 11.6 Å². The molecule has 0 aliphatic carbocycles. The number of benzene rings is 2. The van der Waals surface area contributed by atoms with Gasteiger partial charge in [-0.2, -0.15) is 5.10 Å². The molecule has 4 rings (SSSR count). The van der Waals surface area contributed by atoms with Gasteiger partial charge in [0.05, 0.1) is 29.2 Å². The Balaban J connectivity index is 0.00000103. The highest BCUT2D eigenvalue weighted by Crippen LogP contribution is 2.30. The summed E-state index contributed by atoms with van der Waals surface area (Å²) in [5.41, 5.74) is 14.6. The summed E-state index contributed by atoms with van der Waals surface area (Å²) in [4.78, 5) is 25.3. The molecular weight excluding hydrogens is 470 g/mol. The molecule has 0 unspecified atom stereocenters. The average Bonchev–Trinajstić information content (AvgIpc) is 3.39. The molecule has 1 saturated heterocycles. The van der Waals surface area contributed by atoms with Gasteiger partial charge in [-0.05, 0) is 56.6 Å². The van der Waals surface area contributed by atoms with Gasteiger partial charge in [0.2, 0.25) is 0 Å². The van der Waals surface area contributed by atoms with Crippen LogP contribution in [0.25, 0.3) is 11.3 Å². The molecule has 0 bridgehead atoms. The number of hydrogen-bond acceptors (Lipinski definition) is 8. The first-order valence-electron chi connectivity index (χ1n) is 10.8. The van der Waals surface area contributed by atoms with Crippen LogP contribution in [0.2, 0.25) is 5.02 Å². The Morgan fingerprint density at radius 1 is 1.11 bits per heavy atom. The summed E-state index contributed by atoms with van der Waals surface area (Å²) < 4.78 is 5.17. The molecule has 0 atom stereocenters. The number of halogens is 1. The van der Waals surface area contributed by atoms with E-state index in [4.69, 9.17) is 26.9 Å². The van der Waals surface area contributed by atoms with Gasteiger partial charge in [-0.25, -0.2) is 0 Å². The van der Waals surface area contributed by atoms with Crippen molar-refractivity contribution in [2.75, 3.05) is 63.3 Å². The van der Waals surface area contributed by atoms with Crippen LogP contribution in [-0.4, -0.2) is 75.2 Å². The maximum Gasteiger partial charge on any atom is 0.273 e. The number of aromatic amines is 1. The minimum atomic E-state index is -0.322. The number of methoxy groups -OCH3 is 1. The smallest absolute Gasteiger partial charge is 0.273 e. The SMILES string of the molecule is C=O.CN.COc1ccc(-c2cc(C(=O)Nc3ccc(N4CCN(C)CC4)cc3N)[nH]n2)cc1Cl. The molecule has 2 heterocycles. The lowest BCUT2D eigenvalue weighted by molar-refractivity contribution is -0.0980. The summed E-state index contributed by atoms with van der Waals surface area (Å²) in [6.07, 6.45) is 0. The van der Waals surface area contributed by atoms with Gasteiger partial charge >= 0.3 is 0 Å². The van der Waals surface area contributed by atoms with E-state index in [1.54, 1.807) is 25.3 Å². The number of anilines is 3. The van der Waals surface area contributed by atoms with Crippen LogP contribution in [0.5, 0.6) is 5.75 Å². The number of carbonyl (C=O) groups excluding carboxylic acids is 2. The second-order valence-corrected chi connectivity index (χ2v) is 7.94. The predicted octanol–water partition coefficient (Wildman–Crippen LogP) is 2.71. The van der Waals surface area contributed by atoms with E-state index < -0.39 is 0 Å². The maximum absolute atomic E-state index is 12.7. The third-order valence-corrected chi connectivity index (χ3v) is 5.72. The van der Waals surface area contributed by atoms with Crippen LogP contribution in [-0.2, 0) is 4.79 Å². The lowest BCUT2D eigenvalue weighted by Crippen LogP contribution is -2.44. The Labute approximate surface area is 210 Å². The average molecular weight is 502 g/mol. The van der Waals surface area contributed by atoms with E-state index in [1.807, 2.05) is 31.1 Å². The zero-order chi connectivity index (χ0) is 26.0. The number of amides is 1. The number of nitrogens with one attached hydrogen (secondary N) is 2. The van der Waals surface area contributed by atoms with E-state index in [0.29, 0.717) is 33.5 Å². The monoisotopic (exact) mass is 501 g/mol. The first kappa shape index (κ1) is 27.6. The van der Waals surface area contributed by atoms with Crippen molar-refractivity contribution < 1.29 is 14.3 Å². The van der Waals surface area contributed by atoms with Crippen LogP contribution >= 0.6 is 11.6 Å². The zero-order valence-corrected chi connectivity index (χ0v) is 20.9. The third kappa shape index (κ3) is 6.95. The van der Waals surface area contributed by atoms with E-state index in [9.17, 15) is 4.79 Å².